The molecule has 3 rings (SSSR count). The van der Waals surface area contributed by atoms with Gasteiger partial charge in [-0.05, 0) is 40.8 Å². The molecule has 3 aromatic rings. The molecule has 2 aromatic carbocycles. The van der Waals surface area contributed by atoms with Crippen LogP contribution in [0.15, 0.2) is 57.5 Å². The summed E-state index contributed by atoms with van der Waals surface area (Å²) in [6.07, 6.45) is 0. The monoisotopic (exact) mass is 440 g/mol. The number of nitrogens with zero attached hydrogens (tertiary/aromatic N) is 1. The van der Waals surface area contributed by atoms with E-state index in [-0.39, 0.29) is 0 Å². The molecule has 3 nitrogen and oxygen atoms in total. The van der Waals surface area contributed by atoms with Gasteiger partial charge in [0, 0.05) is 19.2 Å². The van der Waals surface area contributed by atoms with Gasteiger partial charge in [-0.1, -0.05) is 51.4 Å². The number of rotatable bonds is 2. The van der Waals surface area contributed by atoms with Gasteiger partial charge in [-0.3, -0.25) is 0 Å². The van der Waals surface area contributed by atoms with Crippen molar-refractivity contribution in [1.29, 1.82) is 0 Å². The minimum atomic E-state index is 0.394. The average molecular weight is 441 g/mol. The van der Waals surface area contributed by atoms with Crippen molar-refractivity contribution in [3.05, 3.63) is 56.6 Å². The molecule has 2 N–H and O–H groups in total. The minimum absolute atomic E-state index is 0.394. The molecule has 0 bridgehead atoms. The maximum Gasteiger partial charge on any atom is 0.176 e. The minimum Gasteiger partial charge on any atom is -0.380 e. The molecular formula is C15H10BrIN2O. The van der Waals surface area contributed by atoms with E-state index in [1.165, 1.54) is 0 Å². The van der Waals surface area contributed by atoms with Crippen LogP contribution in [0.3, 0.4) is 0 Å². The highest BCUT2D eigenvalue weighted by Gasteiger charge is 2.19. The second-order valence-electron chi connectivity index (χ2n) is 4.26. The van der Waals surface area contributed by atoms with Crippen molar-refractivity contribution in [3.63, 3.8) is 0 Å². The molecule has 0 atom stereocenters. The van der Waals surface area contributed by atoms with E-state index < -0.39 is 0 Å². The highest BCUT2D eigenvalue weighted by Crippen LogP contribution is 2.39. The molecule has 0 saturated heterocycles. The topological polar surface area (TPSA) is 52.0 Å². The third kappa shape index (κ3) is 2.47. The van der Waals surface area contributed by atoms with Gasteiger partial charge in [0.15, 0.2) is 11.6 Å². The van der Waals surface area contributed by atoms with Gasteiger partial charge in [0.05, 0.1) is 5.56 Å². The van der Waals surface area contributed by atoms with Crippen molar-refractivity contribution in [2.24, 2.45) is 0 Å². The predicted molar refractivity (Wildman–Crippen MR) is 92.2 cm³/mol. The molecular weight excluding hydrogens is 431 g/mol. The van der Waals surface area contributed by atoms with Gasteiger partial charge in [-0.15, -0.1) is 0 Å². The summed E-state index contributed by atoms with van der Waals surface area (Å²) in [6.45, 7) is 0. The summed E-state index contributed by atoms with van der Waals surface area (Å²) in [5, 5.41) is 3.92. The largest absolute Gasteiger partial charge is 0.380 e. The highest BCUT2D eigenvalue weighted by atomic mass is 127. The van der Waals surface area contributed by atoms with Crippen LogP contribution < -0.4 is 5.73 Å². The van der Waals surface area contributed by atoms with E-state index in [0.29, 0.717) is 11.6 Å². The Bertz CT molecular complexity index is 770. The van der Waals surface area contributed by atoms with E-state index in [0.717, 1.165) is 24.7 Å². The molecule has 0 saturated carbocycles. The summed E-state index contributed by atoms with van der Waals surface area (Å²) >= 11 is 5.82. The van der Waals surface area contributed by atoms with Crippen molar-refractivity contribution < 1.29 is 4.52 Å². The third-order valence-electron chi connectivity index (χ3n) is 2.95. The quantitative estimate of drug-likeness (QED) is 0.573. The first-order chi connectivity index (χ1) is 9.66. The number of hydrogen-bond donors (Lipinski definition) is 1. The van der Waals surface area contributed by atoms with Crippen LogP contribution in [0.1, 0.15) is 0 Å². The van der Waals surface area contributed by atoms with Crippen LogP contribution >= 0.6 is 38.5 Å². The highest BCUT2D eigenvalue weighted by molar-refractivity contribution is 14.1. The normalized spacial score (nSPS) is 10.7. The fourth-order valence-corrected chi connectivity index (χ4v) is 3.08. The summed E-state index contributed by atoms with van der Waals surface area (Å²) in [7, 11) is 0. The summed E-state index contributed by atoms with van der Waals surface area (Å²) < 4.78 is 7.54. The SMILES string of the molecule is Nc1noc(-c2cccc(I)c2)c1-c1ccccc1Br. The van der Waals surface area contributed by atoms with E-state index in [1.807, 2.05) is 48.5 Å². The number of aromatic nitrogens is 1. The Balaban J connectivity index is 2.23. The molecule has 0 aliphatic heterocycles. The summed E-state index contributed by atoms with van der Waals surface area (Å²) in [5.41, 5.74) is 8.75. The predicted octanol–water partition coefficient (Wildman–Crippen LogP) is 4.96. The first kappa shape index (κ1) is 13.6. The summed E-state index contributed by atoms with van der Waals surface area (Å²) in [5.74, 6) is 1.08. The van der Waals surface area contributed by atoms with Gasteiger partial charge >= 0.3 is 0 Å². The zero-order valence-corrected chi connectivity index (χ0v) is 14.1. The van der Waals surface area contributed by atoms with Gasteiger partial charge in [0.25, 0.3) is 0 Å². The van der Waals surface area contributed by atoms with Gasteiger partial charge in [0.2, 0.25) is 0 Å². The number of halogens is 2. The van der Waals surface area contributed by atoms with Crippen LogP contribution in [-0.4, -0.2) is 5.16 Å². The fourth-order valence-electron chi connectivity index (χ4n) is 2.05. The Morgan fingerprint density at radius 1 is 1.10 bits per heavy atom. The van der Waals surface area contributed by atoms with Crippen molar-refractivity contribution >= 4 is 44.3 Å². The molecule has 5 heteroatoms. The molecule has 0 amide bonds. The maximum absolute atomic E-state index is 5.99. The Morgan fingerprint density at radius 2 is 1.90 bits per heavy atom. The Labute approximate surface area is 138 Å². The van der Waals surface area contributed by atoms with Crippen LogP contribution in [0.5, 0.6) is 0 Å². The molecule has 0 aliphatic rings. The lowest BCUT2D eigenvalue weighted by molar-refractivity contribution is 0.436. The number of benzene rings is 2. The van der Waals surface area contributed by atoms with Gasteiger partial charge in [-0.2, -0.15) is 0 Å². The van der Waals surface area contributed by atoms with E-state index >= 15 is 0 Å². The molecule has 100 valence electrons. The second kappa shape index (κ2) is 5.57. The molecule has 20 heavy (non-hydrogen) atoms. The van der Waals surface area contributed by atoms with Crippen LogP contribution in [0.4, 0.5) is 5.82 Å². The van der Waals surface area contributed by atoms with Crippen molar-refractivity contribution in [2.75, 3.05) is 5.73 Å². The fraction of sp³-hybridized carbons (Fsp3) is 0. The zero-order valence-electron chi connectivity index (χ0n) is 10.3. The van der Waals surface area contributed by atoms with Gasteiger partial charge in [-0.25, -0.2) is 0 Å². The molecule has 0 fully saturated rings. The summed E-state index contributed by atoms with van der Waals surface area (Å²) in [6, 6.07) is 15.9. The lowest BCUT2D eigenvalue weighted by Crippen LogP contribution is -1.89. The number of hydrogen-bond acceptors (Lipinski definition) is 3. The van der Waals surface area contributed by atoms with E-state index in [4.69, 9.17) is 10.3 Å². The molecule has 1 aromatic heterocycles. The Hall–Kier alpha value is -1.34. The first-order valence-corrected chi connectivity index (χ1v) is 7.80. The van der Waals surface area contributed by atoms with E-state index in [2.05, 4.69) is 43.7 Å². The lowest BCUT2D eigenvalue weighted by Gasteiger charge is -2.05. The molecule has 0 radical (unpaired) electrons. The summed E-state index contributed by atoms with van der Waals surface area (Å²) in [4.78, 5) is 0. The molecule has 0 aliphatic carbocycles. The van der Waals surface area contributed by atoms with Gasteiger partial charge < -0.3 is 10.3 Å². The van der Waals surface area contributed by atoms with E-state index in [1.54, 1.807) is 0 Å². The van der Waals surface area contributed by atoms with Crippen LogP contribution in [0.25, 0.3) is 22.5 Å². The number of nitrogen functional groups attached to an aromatic ring is 1. The second-order valence-corrected chi connectivity index (χ2v) is 6.36. The number of anilines is 1. The first-order valence-electron chi connectivity index (χ1n) is 5.93. The lowest BCUT2D eigenvalue weighted by atomic mass is 10.0. The Morgan fingerprint density at radius 3 is 2.65 bits per heavy atom. The maximum atomic E-state index is 5.99. The number of nitrogens with two attached hydrogens (primary N) is 1. The van der Waals surface area contributed by atoms with Crippen molar-refractivity contribution in [3.8, 4) is 22.5 Å². The molecule has 0 spiro atoms. The average Bonchev–Trinajstić information content (AvgIpc) is 2.81. The Kier molecular flexibility index (Phi) is 3.80. The third-order valence-corrected chi connectivity index (χ3v) is 4.31. The van der Waals surface area contributed by atoms with Crippen LogP contribution in [-0.2, 0) is 0 Å². The smallest absolute Gasteiger partial charge is 0.176 e. The zero-order chi connectivity index (χ0) is 14.1. The molecule has 0 unspecified atom stereocenters. The van der Waals surface area contributed by atoms with Crippen molar-refractivity contribution in [1.82, 2.24) is 5.16 Å². The standard InChI is InChI=1S/C15H10BrIN2O/c16-12-7-2-1-6-11(12)13-14(20-19-15(13)18)9-4-3-5-10(17)8-9/h1-8H,(H2,18,19). The van der Waals surface area contributed by atoms with Gasteiger partial charge in [0.1, 0.15) is 0 Å². The molecule has 1 heterocycles. The van der Waals surface area contributed by atoms with Crippen LogP contribution in [0.2, 0.25) is 0 Å². The van der Waals surface area contributed by atoms with Crippen LogP contribution in [0, 0.1) is 3.57 Å². The van der Waals surface area contributed by atoms with E-state index in [9.17, 15) is 0 Å². The van der Waals surface area contributed by atoms with Crippen molar-refractivity contribution in [2.45, 2.75) is 0 Å².